The maximum Gasteiger partial charge on any atom is 0.321 e. The van der Waals surface area contributed by atoms with Crippen molar-refractivity contribution in [2.75, 3.05) is 18.4 Å². The number of rotatable bonds is 5. The Morgan fingerprint density at radius 2 is 2.05 bits per heavy atom. The minimum atomic E-state index is -0.568. The number of benzene rings is 1. The number of carbonyl (C=O) groups excluding carboxylic acids is 2. The van der Waals surface area contributed by atoms with E-state index in [1.165, 1.54) is 12.1 Å². The summed E-state index contributed by atoms with van der Waals surface area (Å²) in [5, 5.41) is 7.53. The van der Waals surface area contributed by atoms with Crippen LogP contribution < -0.4 is 16.0 Å². The molecule has 0 bridgehead atoms. The van der Waals surface area contributed by atoms with Crippen molar-refractivity contribution in [2.24, 2.45) is 5.92 Å². The van der Waals surface area contributed by atoms with E-state index in [1.807, 2.05) is 13.8 Å². The minimum absolute atomic E-state index is 0.145. The van der Waals surface area contributed by atoms with Crippen LogP contribution in [-0.4, -0.2) is 25.0 Å². The number of nitrogens with one attached hydrogen (secondary N) is 3. The molecule has 0 fully saturated rings. The minimum Gasteiger partial charge on any atom is -0.374 e. The number of urea groups is 1. The number of anilines is 1. The van der Waals surface area contributed by atoms with Crippen LogP contribution in [0.2, 0.25) is 5.02 Å². The lowest BCUT2D eigenvalue weighted by molar-refractivity contribution is -0.118. The number of imide groups is 1. The first kappa shape index (κ1) is 16.2. The largest absolute Gasteiger partial charge is 0.374 e. The Balaban J connectivity index is 2.38. The lowest BCUT2D eigenvalue weighted by atomic mass is 10.2. The predicted molar refractivity (Wildman–Crippen MR) is 76.3 cm³/mol. The molecule has 3 N–H and O–H groups in total. The number of hydrogen-bond acceptors (Lipinski definition) is 3. The summed E-state index contributed by atoms with van der Waals surface area (Å²) in [6.45, 7) is 4.13. The third-order valence-corrected chi connectivity index (χ3v) is 2.53. The molecule has 0 radical (unpaired) electrons. The quantitative estimate of drug-likeness (QED) is 0.782. The molecule has 5 nitrogen and oxygen atoms in total. The van der Waals surface area contributed by atoms with E-state index in [2.05, 4.69) is 16.0 Å². The summed E-state index contributed by atoms with van der Waals surface area (Å²) in [4.78, 5) is 22.8. The van der Waals surface area contributed by atoms with Gasteiger partial charge in [0.25, 0.3) is 0 Å². The SMILES string of the molecule is CC(C)CNC(=O)NC(=O)CNc1ccc(Cl)cc1F. The molecular weight excluding hydrogens is 285 g/mol. The first-order valence-electron chi connectivity index (χ1n) is 6.15. The van der Waals surface area contributed by atoms with Gasteiger partial charge < -0.3 is 10.6 Å². The number of hydrogen-bond donors (Lipinski definition) is 3. The molecule has 0 aliphatic rings. The van der Waals surface area contributed by atoms with Crippen LogP contribution in [0.25, 0.3) is 0 Å². The monoisotopic (exact) mass is 301 g/mol. The molecule has 0 spiro atoms. The summed E-state index contributed by atoms with van der Waals surface area (Å²) in [6, 6.07) is 3.49. The molecule has 0 saturated carbocycles. The summed E-state index contributed by atoms with van der Waals surface area (Å²) >= 11 is 5.61. The first-order chi connectivity index (χ1) is 9.38. The molecule has 1 rings (SSSR count). The fraction of sp³-hybridized carbons (Fsp3) is 0.385. The molecule has 0 atom stereocenters. The zero-order valence-electron chi connectivity index (χ0n) is 11.3. The van der Waals surface area contributed by atoms with E-state index in [0.717, 1.165) is 6.07 Å². The average molecular weight is 302 g/mol. The summed E-state index contributed by atoms with van der Waals surface area (Å²) in [7, 11) is 0. The smallest absolute Gasteiger partial charge is 0.321 e. The van der Waals surface area contributed by atoms with Gasteiger partial charge in [0.2, 0.25) is 5.91 Å². The van der Waals surface area contributed by atoms with E-state index >= 15 is 0 Å². The van der Waals surface area contributed by atoms with Crippen molar-refractivity contribution >= 4 is 29.2 Å². The van der Waals surface area contributed by atoms with E-state index in [-0.39, 0.29) is 23.2 Å². The molecule has 3 amide bonds. The van der Waals surface area contributed by atoms with E-state index in [9.17, 15) is 14.0 Å². The van der Waals surface area contributed by atoms with Crippen LogP contribution in [-0.2, 0) is 4.79 Å². The van der Waals surface area contributed by atoms with Crippen molar-refractivity contribution in [3.05, 3.63) is 29.0 Å². The van der Waals surface area contributed by atoms with Gasteiger partial charge in [0.1, 0.15) is 5.82 Å². The maximum absolute atomic E-state index is 13.4. The second-order valence-electron chi connectivity index (χ2n) is 4.63. The van der Waals surface area contributed by atoms with Crippen LogP contribution in [0.5, 0.6) is 0 Å². The summed E-state index contributed by atoms with van der Waals surface area (Å²) < 4.78 is 13.4. The number of halogens is 2. The molecular formula is C13H17ClFN3O2. The van der Waals surface area contributed by atoms with E-state index in [1.54, 1.807) is 0 Å². The second kappa shape index (κ2) is 7.69. The molecule has 0 unspecified atom stereocenters. The van der Waals surface area contributed by atoms with Gasteiger partial charge in [-0.2, -0.15) is 0 Å². The third kappa shape index (κ3) is 5.88. The van der Waals surface area contributed by atoms with Gasteiger partial charge in [-0.1, -0.05) is 25.4 Å². The van der Waals surface area contributed by atoms with Crippen molar-refractivity contribution in [2.45, 2.75) is 13.8 Å². The topological polar surface area (TPSA) is 70.2 Å². The number of carbonyl (C=O) groups is 2. The average Bonchev–Trinajstić information content (AvgIpc) is 2.35. The highest BCUT2D eigenvalue weighted by atomic mass is 35.5. The molecule has 0 saturated heterocycles. The molecule has 1 aromatic rings. The van der Waals surface area contributed by atoms with E-state index < -0.39 is 17.8 Å². The normalized spacial score (nSPS) is 10.2. The standard InChI is InChI=1S/C13H17ClFN3O2/c1-8(2)6-17-13(20)18-12(19)7-16-11-4-3-9(14)5-10(11)15/h3-5,8,16H,6-7H2,1-2H3,(H2,17,18,19,20). The highest BCUT2D eigenvalue weighted by Crippen LogP contribution is 2.18. The van der Waals surface area contributed by atoms with Crippen molar-refractivity contribution in [3.8, 4) is 0 Å². The Bertz CT molecular complexity index is 495. The molecule has 1 aromatic carbocycles. The fourth-order valence-corrected chi connectivity index (χ4v) is 1.48. The van der Waals surface area contributed by atoms with Crippen molar-refractivity contribution in [1.29, 1.82) is 0 Å². The highest BCUT2D eigenvalue weighted by Gasteiger charge is 2.09. The van der Waals surface area contributed by atoms with Gasteiger partial charge >= 0.3 is 6.03 Å². The predicted octanol–water partition coefficient (Wildman–Crippen LogP) is 2.37. The molecule has 0 aliphatic carbocycles. The summed E-state index contributed by atoms with van der Waals surface area (Å²) in [5.74, 6) is -0.827. The van der Waals surface area contributed by atoms with Crippen LogP contribution in [0.4, 0.5) is 14.9 Å². The van der Waals surface area contributed by atoms with Crippen molar-refractivity contribution in [3.63, 3.8) is 0 Å². The lowest BCUT2D eigenvalue weighted by Crippen LogP contribution is -2.43. The molecule has 20 heavy (non-hydrogen) atoms. The van der Waals surface area contributed by atoms with Crippen LogP contribution in [0.3, 0.4) is 0 Å². The second-order valence-corrected chi connectivity index (χ2v) is 5.07. The zero-order chi connectivity index (χ0) is 15.1. The Labute approximate surface area is 121 Å². The van der Waals surface area contributed by atoms with E-state index in [0.29, 0.717) is 6.54 Å². The Morgan fingerprint density at radius 1 is 1.35 bits per heavy atom. The van der Waals surface area contributed by atoms with Crippen molar-refractivity contribution in [1.82, 2.24) is 10.6 Å². The summed E-state index contributed by atoms with van der Waals surface area (Å²) in [5.41, 5.74) is 0.145. The van der Waals surface area contributed by atoms with Gasteiger partial charge in [0.05, 0.1) is 12.2 Å². The first-order valence-corrected chi connectivity index (χ1v) is 6.53. The number of amides is 3. The molecule has 0 aliphatic heterocycles. The van der Waals surface area contributed by atoms with Gasteiger partial charge in [0.15, 0.2) is 0 Å². The molecule has 0 heterocycles. The fourth-order valence-electron chi connectivity index (χ4n) is 1.32. The lowest BCUT2D eigenvalue weighted by Gasteiger charge is -2.10. The van der Waals surface area contributed by atoms with Gasteiger partial charge in [-0.3, -0.25) is 10.1 Å². The third-order valence-electron chi connectivity index (χ3n) is 2.29. The van der Waals surface area contributed by atoms with Crippen molar-refractivity contribution < 1.29 is 14.0 Å². The van der Waals surface area contributed by atoms with Gasteiger partial charge in [-0.05, 0) is 24.1 Å². The molecule has 7 heteroatoms. The van der Waals surface area contributed by atoms with Gasteiger partial charge in [-0.25, -0.2) is 9.18 Å². The van der Waals surface area contributed by atoms with Crippen LogP contribution in [0, 0.1) is 11.7 Å². The van der Waals surface area contributed by atoms with Gasteiger partial charge in [0, 0.05) is 11.6 Å². The molecule has 0 aromatic heterocycles. The maximum atomic E-state index is 13.4. The summed E-state index contributed by atoms with van der Waals surface area (Å²) in [6.07, 6.45) is 0. The van der Waals surface area contributed by atoms with E-state index in [4.69, 9.17) is 11.6 Å². The Kier molecular flexibility index (Phi) is 6.24. The highest BCUT2D eigenvalue weighted by molar-refractivity contribution is 6.30. The van der Waals surface area contributed by atoms with Crippen LogP contribution in [0.1, 0.15) is 13.8 Å². The Hall–Kier alpha value is -1.82. The molecule has 110 valence electrons. The Morgan fingerprint density at radius 3 is 2.65 bits per heavy atom. The van der Waals surface area contributed by atoms with Crippen LogP contribution in [0.15, 0.2) is 18.2 Å². The van der Waals surface area contributed by atoms with Gasteiger partial charge in [-0.15, -0.1) is 0 Å². The van der Waals surface area contributed by atoms with Crippen LogP contribution >= 0.6 is 11.6 Å². The zero-order valence-corrected chi connectivity index (χ0v) is 12.1.